The van der Waals surface area contributed by atoms with Gasteiger partial charge >= 0.3 is 16.8 Å². The van der Waals surface area contributed by atoms with Gasteiger partial charge in [-0.25, -0.2) is 4.98 Å². The third-order valence-corrected chi connectivity index (χ3v) is 7.09. The number of benzene rings is 2. The molecule has 1 radical (unpaired) electrons. The number of para-hydroxylation sites is 1. The number of aromatic nitrogens is 1. The normalized spacial score (nSPS) is 11.9. The number of hydrogen-bond donors (Lipinski definition) is 0. The van der Waals surface area contributed by atoms with Crippen LogP contribution in [0.5, 0.6) is 0 Å². The van der Waals surface area contributed by atoms with Crippen molar-refractivity contribution in [3.05, 3.63) is 94.3 Å². The van der Waals surface area contributed by atoms with Crippen LogP contribution < -0.4 is 34.0 Å². The van der Waals surface area contributed by atoms with Gasteiger partial charge in [0.25, 0.3) is 0 Å². The average molecular weight is 727 g/mol. The maximum atomic E-state index is 5.21. The zero-order chi connectivity index (χ0) is 28.1. The number of rotatable bonds is 9. The van der Waals surface area contributed by atoms with E-state index in [0.717, 1.165) is 39.7 Å². The molecule has 1 aromatic heterocycles. The van der Waals surface area contributed by atoms with Gasteiger partial charge in [-0.3, -0.25) is 9.98 Å². The van der Waals surface area contributed by atoms with Gasteiger partial charge < -0.3 is 34.0 Å². The third-order valence-electron chi connectivity index (χ3n) is 7.09. The van der Waals surface area contributed by atoms with E-state index < -0.39 is 0 Å². The van der Waals surface area contributed by atoms with E-state index in [1.54, 1.807) is 0 Å². The Morgan fingerprint density at radius 2 is 1.05 bits per heavy atom. The van der Waals surface area contributed by atoms with Crippen LogP contribution in [0, 0.1) is 0 Å². The van der Waals surface area contributed by atoms with Gasteiger partial charge in [-0.05, 0) is 77.5 Å². The van der Waals surface area contributed by atoms with Crippen LogP contribution in [-0.2, 0) is 16.8 Å². The van der Waals surface area contributed by atoms with Crippen molar-refractivity contribution in [3.8, 4) is 0 Å². The van der Waals surface area contributed by atoms with Crippen molar-refractivity contribution in [2.75, 3.05) is 0 Å². The molecule has 41 heavy (non-hydrogen) atoms. The van der Waals surface area contributed by atoms with Crippen LogP contribution in [0.4, 0.5) is 11.4 Å². The first kappa shape index (κ1) is 39.1. The Morgan fingerprint density at radius 1 is 0.634 bits per heavy atom. The number of halogens is 2. The van der Waals surface area contributed by atoms with E-state index in [1.165, 1.54) is 22.3 Å². The summed E-state index contributed by atoms with van der Waals surface area (Å²) in [6.07, 6.45) is 1.94. The zero-order valence-electron chi connectivity index (χ0n) is 26.1. The molecule has 0 atom stereocenters. The summed E-state index contributed by atoms with van der Waals surface area (Å²) in [7, 11) is 0. The molecule has 3 nitrogen and oxygen atoms in total. The SMILES string of the molecule is C=Cc1ccc(C(C)C)c(N=C(C)c2cccc(C(C)=Nc3c(C(C)C)cccc3C(C)C)n2)c1C(C)C.[Br-].[Br-].[Co+2]. The van der Waals surface area contributed by atoms with Gasteiger partial charge in [0.05, 0.1) is 34.2 Å². The van der Waals surface area contributed by atoms with Crippen molar-refractivity contribution in [1.82, 2.24) is 4.98 Å². The topological polar surface area (TPSA) is 37.6 Å². The minimum Gasteiger partial charge on any atom is -1.00 e. The number of pyridine rings is 1. The van der Waals surface area contributed by atoms with Gasteiger partial charge in [-0.15, -0.1) is 0 Å². The largest absolute Gasteiger partial charge is 2.00 e. The molecule has 0 fully saturated rings. The fraction of sp³-hybridized carbons (Fsp3) is 0.400. The quantitative estimate of drug-likeness (QED) is 0.300. The minimum atomic E-state index is 0. The number of hydrogen-bond acceptors (Lipinski definition) is 3. The summed E-state index contributed by atoms with van der Waals surface area (Å²) >= 11 is 0. The van der Waals surface area contributed by atoms with E-state index in [2.05, 4.69) is 112 Å². The van der Waals surface area contributed by atoms with Crippen LogP contribution >= 0.6 is 0 Å². The molecule has 3 rings (SSSR count). The predicted molar refractivity (Wildman–Crippen MR) is 167 cm³/mol. The Kier molecular flexibility index (Phi) is 16.5. The van der Waals surface area contributed by atoms with Crippen LogP contribution in [0.2, 0.25) is 0 Å². The monoisotopic (exact) mass is 724 g/mol. The maximum absolute atomic E-state index is 5.21. The van der Waals surface area contributed by atoms with Crippen molar-refractivity contribution in [3.63, 3.8) is 0 Å². The fourth-order valence-corrected chi connectivity index (χ4v) is 4.94. The first-order valence-corrected chi connectivity index (χ1v) is 14.0. The molecule has 0 saturated heterocycles. The van der Waals surface area contributed by atoms with E-state index in [1.807, 2.05) is 18.2 Å². The van der Waals surface area contributed by atoms with Gasteiger partial charge in [0.1, 0.15) is 0 Å². The molecule has 0 spiro atoms. The van der Waals surface area contributed by atoms with Crippen LogP contribution in [0.3, 0.4) is 0 Å². The second-order valence-corrected chi connectivity index (χ2v) is 11.4. The molecule has 2 aromatic carbocycles. The maximum Gasteiger partial charge on any atom is 2.00 e. The third kappa shape index (κ3) is 9.31. The first-order chi connectivity index (χ1) is 18.0. The summed E-state index contributed by atoms with van der Waals surface area (Å²) in [5.74, 6) is 1.48. The minimum absolute atomic E-state index is 0. The summed E-state index contributed by atoms with van der Waals surface area (Å²) in [6.45, 7) is 26.0. The van der Waals surface area contributed by atoms with Crippen molar-refractivity contribution in [2.24, 2.45) is 9.98 Å². The Balaban J connectivity index is 0.00000533. The van der Waals surface area contributed by atoms with Crippen molar-refractivity contribution in [2.45, 2.75) is 92.9 Å². The standard InChI is InChI=1S/C35H45N3.2BrH.Co/c1-12-27-19-20-30(23(6)7)35(33(27)24(8)9)37-26(11)32-18-14-17-31(38-32)25(10)36-34-28(21(2)3)15-13-16-29(34)22(4)5;;;/h12-24H,1H2,2-11H3;2*1H;/q;;;+2/p-2. The van der Waals surface area contributed by atoms with Crippen LogP contribution in [0.15, 0.2) is 65.1 Å². The van der Waals surface area contributed by atoms with E-state index in [-0.39, 0.29) is 50.7 Å². The zero-order valence-corrected chi connectivity index (χ0v) is 30.4. The average Bonchev–Trinajstić information content (AvgIpc) is 2.87. The molecule has 223 valence electrons. The molecule has 0 amide bonds. The number of aliphatic imine (C=N–C) groups is 2. The van der Waals surface area contributed by atoms with Gasteiger partial charge in [-0.1, -0.05) is 104 Å². The molecule has 6 heteroatoms. The van der Waals surface area contributed by atoms with Crippen LogP contribution in [0.1, 0.15) is 132 Å². The summed E-state index contributed by atoms with van der Waals surface area (Å²) < 4.78 is 0. The molecule has 0 aliphatic heterocycles. The van der Waals surface area contributed by atoms with Gasteiger partial charge in [0.2, 0.25) is 0 Å². The van der Waals surface area contributed by atoms with E-state index in [0.29, 0.717) is 23.7 Å². The second kappa shape index (κ2) is 17.3. The summed E-state index contributed by atoms with van der Waals surface area (Å²) in [4.78, 5) is 15.4. The molecule has 1 heterocycles. The van der Waals surface area contributed by atoms with Gasteiger partial charge in [-0.2, -0.15) is 0 Å². The molecule has 0 aliphatic carbocycles. The Morgan fingerprint density at radius 3 is 1.46 bits per heavy atom. The Hall–Kier alpha value is -1.86. The van der Waals surface area contributed by atoms with Crippen LogP contribution in [-0.4, -0.2) is 16.4 Å². The molecule has 0 N–H and O–H groups in total. The van der Waals surface area contributed by atoms with Gasteiger partial charge in [0, 0.05) is 0 Å². The number of nitrogens with zero attached hydrogens (tertiary/aromatic N) is 3. The van der Waals surface area contributed by atoms with E-state index in [4.69, 9.17) is 15.0 Å². The predicted octanol–water partition coefficient (Wildman–Crippen LogP) is 4.51. The molecule has 0 bridgehead atoms. The summed E-state index contributed by atoms with van der Waals surface area (Å²) in [6, 6.07) is 17.0. The first-order valence-electron chi connectivity index (χ1n) is 14.0. The smallest absolute Gasteiger partial charge is 1.00 e. The second-order valence-electron chi connectivity index (χ2n) is 11.4. The van der Waals surface area contributed by atoms with Gasteiger partial charge in [0.15, 0.2) is 0 Å². The summed E-state index contributed by atoms with van der Waals surface area (Å²) in [5, 5.41) is 0. The van der Waals surface area contributed by atoms with Crippen molar-refractivity contribution in [1.29, 1.82) is 0 Å². The molecule has 0 aliphatic rings. The van der Waals surface area contributed by atoms with E-state index >= 15 is 0 Å². The molecular weight excluding hydrogens is 681 g/mol. The van der Waals surface area contributed by atoms with E-state index in [9.17, 15) is 0 Å². The van der Waals surface area contributed by atoms with Crippen molar-refractivity contribution < 1.29 is 50.7 Å². The Bertz CT molecular complexity index is 1350. The van der Waals surface area contributed by atoms with Crippen molar-refractivity contribution >= 4 is 28.9 Å². The summed E-state index contributed by atoms with van der Waals surface area (Å²) in [5.41, 5.74) is 11.9. The van der Waals surface area contributed by atoms with Crippen LogP contribution in [0.25, 0.3) is 6.08 Å². The molecular formula is C35H45Br2CoN3. The Labute approximate surface area is 280 Å². The molecule has 0 saturated carbocycles. The molecule has 0 unspecified atom stereocenters. The fourth-order valence-electron chi connectivity index (χ4n) is 4.94. The molecule has 3 aromatic rings.